The van der Waals surface area contributed by atoms with E-state index in [0.717, 1.165) is 11.2 Å². The Kier molecular flexibility index (Phi) is 6.98. The predicted octanol–water partition coefficient (Wildman–Crippen LogP) is 3.08. The molecule has 0 amide bonds. The molecule has 2 heterocycles. The van der Waals surface area contributed by atoms with Gasteiger partial charge in [-0.25, -0.2) is 0 Å². The maximum absolute atomic E-state index is 5.97. The molecule has 1 saturated heterocycles. The summed E-state index contributed by atoms with van der Waals surface area (Å²) >= 11 is 0. The van der Waals surface area contributed by atoms with Crippen molar-refractivity contribution in [3.8, 4) is 0 Å². The van der Waals surface area contributed by atoms with Crippen LogP contribution in [0.5, 0.6) is 0 Å². The lowest BCUT2D eigenvalue weighted by Crippen LogP contribution is -2.41. The molecule has 0 bridgehead atoms. The summed E-state index contributed by atoms with van der Waals surface area (Å²) in [5.41, 5.74) is 1.51. The van der Waals surface area contributed by atoms with E-state index in [0.29, 0.717) is 0 Å². The molecule has 0 aromatic carbocycles. The van der Waals surface area contributed by atoms with Crippen molar-refractivity contribution < 1.29 is 9.31 Å². The van der Waals surface area contributed by atoms with Gasteiger partial charge in [-0.15, -0.1) is 0 Å². The Hall–Kier alpha value is -0.805. The van der Waals surface area contributed by atoms with Gasteiger partial charge >= 0.3 is 7.12 Å². The van der Waals surface area contributed by atoms with Gasteiger partial charge in [0.05, 0.1) is 11.2 Å². The zero-order valence-electron chi connectivity index (χ0n) is 14.9. The highest BCUT2D eigenvalue weighted by Crippen LogP contribution is 2.36. The van der Waals surface area contributed by atoms with Gasteiger partial charge in [-0.3, -0.25) is 4.68 Å². The van der Waals surface area contributed by atoms with Crippen molar-refractivity contribution in [3.63, 3.8) is 0 Å². The summed E-state index contributed by atoms with van der Waals surface area (Å²) in [4.78, 5) is 0. The van der Waals surface area contributed by atoms with E-state index >= 15 is 0 Å². The van der Waals surface area contributed by atoms with Gasteiger partial charge in [-0.2, -0.15) is 5.10 Å². The molecule has 116 valence electrons. The van der Waals surface area contributed by atoms with Crippen molar-refractivity contribution in [2.24, 2.45) is 7.05 Å². The number of aromatic nitrogens is 2. The Balaban J connectivity index is 0.000000829. The Morgan fingerprint density at radius 2 is 1.40 bits per heavy atom. The molecule has 0 spiro atoms. The fourth-order valence-corrected chi connectivity index (χ4v) is 1.72. The normalized spacial score (nSPS) is 18.8. The largest absolute Gasteiger partial charge is 0.498 e. The summed E-state index contributed by atoms with van der Waals surface area (Å²) in [5.74, 6) is 0. The summed E-state index contributed by atoms with van der Waals surface area (Å²) in [5, 5.41) is 4.21. The van der Waals surface area contributed by atoms with Crippen LogP contribution in [0.3, 0.4) is 0 Å². The average Bonchev–Trinajstić information content (AvgIpc) is 2.83. The molecule has 0 saturated carbocycles. The van der Waals surface area contributed by atoms with Gasteiger partial charge in [0.2, 0.25) is 0 Å². The first kappa shape index (κ1) is 19.2. The minimum Gasteiger partial charge on any atom is -0.399 e. The van der Waals surface area contributed by atoms with Gasteiger partial charge in [0, 0.05) is 24.4 Å². The molecule has 4 nitrogen and oxygen atoms in total. The smallest absolute Gasteiger partial charge is 0.399 e. The lowest BCUT2D eigenvalue weighted by molar-refractivity contribution is 0.00578. The lowest BCUT2D eigenvalue weighted by atomic mass is 9.79. The first-order valence-electron chi connectivity index (χ1n) is 7.59. The maximum atomic E-state index is 5.97. The van der Waals surface area contributed by atoms with Crippen LogP contribution in [0.15, 0.2) is 6.20 Å². The van der Waals surface area contributed by atoms with Crippen LogP contribution >= 0.6 is 0 Å². The van der Waals surface area contributed by atoms with E-state index in [2.05, 4.69) is 32.8 Å². The predicted molar refractivity (Wildman–Crippen MR) is 86.4 cm³/mol. The van der Waals surface area contributed by atoms with Gasteiger partial charge in [0.1, 0.15) is 0 Å². The Labute approximate surface area is 125 Å². The summed E-state index contributed by atoms with van der Waals surface area (Å²) in [7, 11) is 1.61. The second kappa shape index (κ2) is 7.27. The van der Waals surface area contributed by atoms with Gasteiger partial charge in [0.25, 0.3) is 0 Å². The van der Waals surface area contributed by atoms with Crippen molar-refractivity contribution in [2.75, 3.05) is 0 Å². The van der Waals surface area contributed by atoms with E-state index in [1.165, 1.54) is 0 Å². The van der Waals surface area contributed by atoms with Crippen LogP contribution in [0.2, 0.25) is 0 Å². The molecule has 5 heteroatoms. The number of nitrogens with zero attached hydrogens (tertiary/aromatic N) is 2. The quantitative estimate of drug-likeness (QED) is 0.743. The van der Waals surface area contributed by atoms with E-state index in [9.17, 15) is 0 Å². The van der Waals surface area contributed by atoms with Gasteiger partial charge in [-0.05, 0) is 34.6 Å². The summed E-state index contributed by atoms with van der Waals surface area (Å²) < 4.78 is 13.8. The molecule has 0 unspecified atom stereocenters. The zero-order chi connectivity index (χ0) is 16.1. The summed E-state index contributed by atoms with van der Waals surface area (Å²) in [6.45, 7) is 18.2. The van der Waals surface area contributed by atoms with Crippen LogP contribution in [-0.4, -0.2) is 28.1 Å². The minimum atomic E-state index is -0.307. The minimum absolute atomic E-state index is 0.292. The summed E-state index contributed by atoms with van der Waals surface area (Å²) in [6, 6.07) is 0. The second-order valence-electron chi connectivity index (χ2n) is 5.40. The molecule has 1 aromatic rings. The van der Waals surface area contributed by atoms with E-state index in [-0.39, 0.29) is 18.3 Å². The topological polar surface area (TPSA) is 36.3 Å². The molecule has 20 heavy (non-hydrogen) atoms. The monoisotopic (exact) mass is 282 g/mol. The molecule has 1 fully saturated rings. The van der Waals surface area contributed by atoms with Crippen molar-refractivity contribution in [1.29, 1.82) is 0 Å². The Morgan fingerprint density at radius 1 is 1.00 bits per heavy atom. The highest BCUT2D eigenvalue weighted by molar-refractivity contribution is 6.62. The maximum Gasteiger partial charge on any atom is 0.498 e. The zero-order valence-corrected chi connectivity index (χ0v) is 14.9. The number of hydrogen-bond acceptors (Lipinski definition) is 3. The van der Waals surface area contributed by atoms with Crippen LogP contribution in [0.1, 0.15) is 61.1 Å². The van der Waals surface area contributed by atoms with E-state index in [4.69, 9.17) is 9.31 Å². The van der Waals surface area contributed by atoms with E-state index in [1.807, 2.05) is 52.5 Å². The third-order valence-corrected chi connectivity index (χ3v) is 3.78. The molecule has 1 aromatic heterocycles. The fourth-order valence-electron chi connectivity index (χ4n) is 1.72. The highest BCUT2D eigenvalue weighted by atomic mass is 16.7. The second-order valence-corrected chi connectivity index (χ2v) is 5.40. The number of rotatable bonds is 1. The highest BCUT2D eigenvalue weighted by Gasteiger charge is 2.52. The van der Waals surface area contributed by atoms with Crippen molar-refractivity contribution in [3.05, 3.63) is 11.9 Å². The van der Waals surface area contributed by atoms with Crippen molar-refractivity contribution >= 4 is 12.6 Å². The van der Waals surface area contributed by atoms with Gasteiger partial charge in [0.15, 0.2) is 0 Å². The van der Waals surface area contributed by atoms with Crippen LogP contribution in [0.4, 0.5) is 0 Å². The van der Waals surface area contributed by atoms with Crippen molar-refractivity contribution in [2.45, 2.75) is 73.5 Å². The van der Waals surface area contributed by atoms with Crippen LogP contribution in [-0.2, 0) is 16.4 Å². The van der Waals surface area contributed by atoms with E-state index in [1.54, 1.807) is 0 Å². The molecular weight excluding hydrogens is 251 g/mol. The Morgan fingerprint density at radius 3 is 1.70 bits per heavy atom. The van der Waals surface area contributed by atoms with Gasteiger partial charge in [-0.1, -0.05) is 27.7 Å². The van der Waals surface area contributed by atoms with E-state index < -0.39 is 0 Å². The molecule has 1 aliphatic rings. The summed E-state index contributed by atoms with van der Waals surface area (Å²) in [6.07, 6.45) is 1.82. The third kappa shape index (κ3) is 3.64. The molecule has 0 N–H and O–H groups in total. The molecular formula is C15H31BN2O2. The van der Waals surface area contributed by atoms with Gasteiger partial charge < -0.3 is 9.31 Å². The average molecular weight is 282 g/mol. The van der Waals surface area contributed by atoms with Crippen LogP contribution in [0, 0.1) is 6.92 Å². The molecule has 2 rings (SSSR count). The number of aryl methyl sites for hydroxylation is 1. The standard InChI is InChI=1S/C11H19BN2O2.2C2H6/c1-8-9(7-13-14(8)6)12-15-10(2,3)11(4,5)16-12;2*1-2/h7H,1-6H3;2*1-2H3. The first-order valence-corrected chi connectivity index (χ1v) is 7.59. The lowest BCUT2D eigenvalue weighted by Gasteiger charge is -2.32. The SMILES string of the molecule is CC.CC.Cc1c(B2OC(C)(C)C(C)(C)O2)cnn1C. The molecule has 1 aliphatic heterocycles. The van der Waals surface area contributed by atoms with Crippen molar-refractivity contribution in [1.82, 2.24) is 9.78 Å². The Bertz CT molecular complexity index is 398. The third-order valence-electron chi connectivity index (χ3n) is 3.78. The molecule has 0 atom stereocenters. The fraction of sp³-hybridized carbons (Fsp3) is 0.800. The molecule has 0 radical (unpaired) electrons. The first-order chi connectivity index (χ1) is 9.24. The molecule has 0 aliphatic carbocycles. The van der Waals surface area contributed by atoms with Crippen LogP contribution < -0.4 is 5.46 Å². The number of hydrogen-bond donors (Lipinski definition) is 0. The van der Waals surface area contributed by atoms with Crippen LogP contribution in [0.25, 0.3) is 0 Å².